The van der Waals surface area contributed by atoms with Crippen molar-refractivity contribution in [1.29, 1.82) is 0 Å². The molecule has 0 aliphatic carbocycles. The van der Waals surface area contributed by atoms with E-state index in [1.165, 1.54) is 41.1 Å². The van der Waals surface area contributed by atoms with Crippen LogP contribution in [0.3, 0.4) is 0 Å². The number of fused-ring (bicyclic) bond motifs is 1. The molecule has 4 rings (SSSR count). The lowest BCUT2D eigenvalue weighted by Crippen LogP contribution is -2.40. The lowest BCUT2D eigenvalue weighted by molar-refractivity contribution is 0.0304. The van der Waals surface area contributed by atoms with Crippen LogP contribution in [0.15, 0.2) is 47.5 Å². The number of carbonyl (C=O) groups is 2. The molecule has 9 nitrogen and oxygen atoms in total. The standard InChI is InChI=1S/C24H25Cl2N3O6S/c1-24(2,3)35-23(31)29-14-20(22(30)28-6-8-34-9-7-28)19-5-4-17(13-21(19)29)27-36(32,33)18-11-15(25)10-16(26)12-18/h4-5,10-14,27H,6-9H2,1-3H3. The third-order valence-electron chi connectivity index (χ3n) is 5.32. The third kappa shape index (κ3) is 5.78. The highest BCUT2D eigenvalue weighted by Crippen LogP contribution is 2.29. The summed E-state index contributed by atoms with van der Waals surface area (Å²) in [6, 6.07) is 8.55. The van der Waals surface area contributed by atoms with Crippen LogP contribution in [-0.2, 0) is 19.5 Å². The van der Waals surface area contributed by atoms with Gasteiger partial charge in [0.2, 0.25) is 0 Å². The molecule has 2 heterocycles. The minimum atomic E-state index is -4.05. The van der Waals surface area contributed by atoms with Crippen LogP contribution in [0.2, 0.25) is 10.0 Å². The summed E-state index contributed by atoms with van der Waals surface area (Å²) in [6.07, 6.45) is 0.723. The molecule has 1 aliphatic rings. The Morgan fingerprint density at radius 1 is 1.03 bits per heavy atom. The summed E-state index contributed by atoms with van der Waals surface area (Å²) in [4.78, 5) is 27.8. The van der Waals surface area contributed by atoms with Crippen LogP contribution in [-0.4, -0.2) is 61.8 Å². The summed E-state index contributed by atoms with van der Waals surface area (Å²) in [5.41, 5.74) is -0.00142. The van der Waals surface area contributed by atoms with E-state index in [4.69, 9.17) is 32.7 Å². The molecule has 1 aliphatic heterocycles. The fourth-order valence-electron chi connectivity index (χ4n) is 3.76. The van der Waals surface area contributed by atoms with Crippen LogP contribution in [0.25, 0.3) is 10.9 Å². The Kier molecular flexibility index (Phi) is 7.25. The number of ether oxygens (including phenoxy) is 2. The van der Waals surface area contributed by atoms with Crippen LogP contribution in [0.5, 0.6) is 0 Å². The topological polar surface area (TPSA) is 107 Å². The minimum Gasteiger partial charge on any atom is -0.443 e. The molecule has 0 spiro atoms. The van der Waals surface area contributed by atoms with E-state index in [9.17, 15) is 18.0 Å². The van der Waals surface area contributed by atoms with Crippen LogP contribution in [0.4, 0.5) is 10.5 Å². The van der Waals surface area contributed by atoms with Crippen molar-refractivity contribution in [2.45, 2.75) is 31.3 Å². The van der Waals surface area contributed by atoms with Gasteiger partial charge in [-0.1, -0.05) is 23.2 Å². The lowest BCUT2D eigenvalue weighted by Gasteiger charge is -2.26. The van der Waals surface area contributed by atoms with E-state index in [0.717, 1.165) is 0 Å². The summed E-state index contributed by atoms with van der Waals surface area (Å²) >= 11 is 11.9. The Morgan fingerprint density at radius 2 is 1.67 bits per heavy atom. The maximum atomic E-state index is 13.3. The second-order valence-electron chi connectivity index (χ2n) is 9.24. The number of sulfonamides is 1. The van der Waals surface area contributed by atoms with Gasteiger partial charge in [0.15, 0.2) is 0 Å². The number of hydrogen-bond acceptors (Lipinski definition) is 6. The summed E-state index contributed by atoms with van der Waals surface area (Å²) in [7, 11) is -4.05. The van der Waals surface area contributed by atoms with E-state index in [1.807, 2.05) is 0 Å². The largest absolute Gasteiger partial charge is 0.443 e. The van der Waals surface area contributed by atoms with Crippen molar-refractivity contribution >= 4 is 61.8 Å². The summed E-state index contributed by atoms with van der Waals surface area (Å²) < 4.78 is 40.5. The van der Waals surface area contributed by atoms with Gasteiger partial charge in [-0.05, 0) is 57.2 Å². The Hall–Kier alpha value is -2.79. The molecule has 1 amide bonds. The zero-order valence-corrected chi connectivity index (χ0v) is 22.2. The molecule has 2 aromatic carbocycles. The van der Waals surface area contributed by atoms with E-state index in [2.05, 4.69) is 4.72 Å². The molecule has 3 aromatic rings. The molecule has 12 heteroatoms. The zero-order valence-electron chi connectivity index (χ0n) is 19.9. The second kappa shape index (κ2) is 9.93. The fourth-order valence-corrected chi connectivity index (χ4v) is 5.53. The minimum absolute atomic E-state index is 0.120. The second-order valence-corrected chi connectivity index (χ2v) is 11.8. The number of halogens is 2. The molecule has 0 bridgehead atoms. The predicted molar refractivity (Wildman–Crippen MR) is 138 cm³/mol. The first-order valence-corrected chi connectivity index (χ1v) is 13.3. The zero-order chi connectivity index (χ0) is 26.3. The normalized spacial score (nSPS) is 14.6. The molecule has 1 fully saturated rings. The van der Waals surface area contributed by atoms with Gasteiger partial charge in [0.05, 0.1) is 34.9 Å². The summed E-state index contributed by atoms with van der Waals surface area (Å²) in [5.74, 6) is -0.257. The molecule has 0 unspecified atom stereocenters. The monoisotopic (exact) mass is 553 g/mol. The number of amides is 1. The van der Waals surface area contributed by atoms with Gasteiger partial charge in [-0.3, -0.25) is 14.1 Å². The first-order chi connectivity index (χ1) is 16.8. The Balaban J connectivity index is 1.77. The predicted octanol–water partition coefficient (Wildman–Crippen LogP) is 5.00. The van der Waals surface area contributed by atoms with Crippen molar-refractivity contribution in [3.05, 3.63) is 58.2 Å². The van der Waals surface area contributed by atoms with Gasteiger partial charge < -0.3 is 14.4 Å². The van der Waals surface area contributed by atoms with Crippen LogP contribution < -0.4 is 4.72 Å². The quantitative estimate of drug-likeness (QED) is 0.486. The number of anilines is 1. The average Bonchev–Trinajstić information content (AvgIpc) is 3.16. The number of rotatable bonds is 4. The fraction of sp³-hybridized carbons (Fsp3) is 0.333. The molecule has 1 aromatic heterocycles. The molecule has 1 N–H and O–H groups in total. The first-order valence-electron chi connectivity index (χ1n) is 11.1. The molecule has 0 saturated carbocycles. The Bertz CT molecular complexity index is 1420. The van der Waals surface area contributed by atoms with Gasteiger partial charge in [0, 0.05) is 34.7 Å². The van der Waals surface area contributed by atoms with Gasteiger partial charge in [-0.25, -0.2) is 13.2 Å². The van der Waals surface area contributed by atoms with Crippen molar-refractivity contribution in [2.75, 3.05) is 31.0 Å². The van der Waals surface area contributed by atoms with E-state index < -0.39 is 21.7 Å². The van der Waals surface area contributed by atoms with Gasteiger partial charge in [0.1, 0.15) is 5.60 Å². The van der Waals surface area contributed by atoms with Crippen molar-refractivity contribution < 1.29 is 27.5 Å². The number of morpholine rings is 1. The smallest absolute Gasteiger partial charge is 0.419 e. The number of benzene rings is 2. The maximum absolute atomic E-state index is 13.3. The molecular formula is C24H25Cl2N3O6S. The van der Waals surface area contributed by atoms with Crippen molar-refractivity contribution in [1.82, 2.24) is 9.47 Å². The molecule has 192 valence electrons. The van der Waals surface area contributed by atoms with Crippen LogP contribution in [0.1, 0.15) is 31.1 Å². The lowest BCUT2D eigenvalue weighted by atomic mass is 10.1. The van der Waals surface area contributed by atoms with Crippen LogP contribution >= 0.6 is 23.2 Å². The van der Waals surface area contributed by atoms with Crippen molar-refractivity contribution in [2.24, 2.45) is 0 Å². The highest BCUT2D eigenvalue weighted by molar-refractivity contribution is 7.92. The van der Waals surface area contributed by atoms with E-state index in [0.29, 0.717) is 42.8 Å². The molecular weight excluding hydrogens is 529 g/mol. The molecule has 36 heavy (non-hydrogen) atoms. The van der Waals surface area contributed by atoms with E-state index in [-0.39, 0.29) is 26.5 Å². The first kappa shape index (κ1) is 26.3. The van der Waals surface area contributed by atoms with Crippen LogP contribution in [0, 0.1) is 0 Å². The summed E-state index contributed by atoms with van der Waals surface area (Å²) in [5, 5.41) is 0.817. The van der Waals surface area contributed by atoms with Gasteiger partial charge in [0.25, 0.3) is 15.9 Å². The number of nitrogens with zero attached hydrogens (tertiary/aromatic N) is 2. The molecule has 0 radical (unpaired) electrons. The van der Waals surface area contributed by atoms with Gasteiger partial charge >= 0.3 is 6.09 Å². The molecule has 0 atom stereocenters. The average molecular weight is 554 g/mol. The highest BCUT2D eigenvalue weighted by Gasteiger charge is 2.27. The van der Waals surface area contributed by atoms with Crippen molar-refractivity contribution in [3.8, 4) is 0 Å². The SMILES string of the molecule is CC(C)(C)OC(=O)n1cc(C(=O)N2CCOCC2)c2ccc(NS(=O)(=O)c3cc(Cl)cc(Cl)c3)cc21. The number of carbonyl (C=O) groups excluding carboxylic acids is 2. The Morgan fingerprint density at radius 3 is 2.28 bits per heavy atom. The van der Waals surface area contributed by atoms with Gasteiger partial charge in [-0.2, -0.15) is 0 Å². The van der Waals surface area contributed by atoms with E-state index >= 15 is 0 Å². The van der Waals surface area contributed by atoms with Gasteiger partial charge in [-0.15, -0.1) is 0 Å². The number of aromatic nitrogens is 1. The van der Waals surface area contributed by atoms with E-state index in [1.54, 1.807) is 31.7 Å². The summed E-state index contributed by atoms with van der Waals surface area (Å²) in [6.45, 7) is 6.89. The number of nitrogens with one attached hydrogen (secondary N) is 1. The number of hydrogen-bond donors (Lipinski definition) is 1. The molecule has 1 saturated heterocycles. The Labute approximate surface area is 218 Å². The van der Waals surface area contributed by atoms with Crippen molar-refractivity contribution in [3.63, 3.8) is 0 Å². The maximum Gasteiger partial charge on any atom is 0.419 e. The third-order valence-corrected chi connectivity index (χ3v) is 7.12. The highest BCUT2D eigenvalue weighted by atomic mass is 35.5.